The van der Waals surface area contributed by atoms with Crippen molar-refractivity contribution < 1.29 is 33.7 Å². The summed E-state index contributed by atoms with van der Waals surface area (Å²) in [5, 5.41) is 19.5. The zero-order chi connectivity index (χ0) is 39.8. The molecule has 2 amide bonds. The Morgan fingerprint density at radius 3 is 2.25 bits per heavy atom. The van der Waals surface area contributed by atoms with E-state index in [1.165, 1.54) is 9.58 Å². The number of hydrogen-bond acceptors (Lipinski definition) is 12. The summed E-state index contributed by atoms with van der Waals surface area (Å²) in [7, 11) is 0. The quantitative estimate of drug-likeness (QED) is 0.212. The van der Waals surface area contributed by atoms with Crippen LogP contribution in [-0.4, -0.2) is 86.1 Å². The Labute approximate surface area is 321 Å². The fourth-order valence-corrected chi connectivity index (χ4v) is 7.53. The number of nitrogens with one attached hydrogen (secondary N) is 1. The first-order valence-corrected chi connectivity index (χ1v) is 18.8. The van der Waals surface area contributed by atoms with Gasteiger partial charge in [-0.05, 0) is 105 Å². The summed E-state index contributed by atoms with van der Waals surface area (Å²) in [6, 6.07) is 11.4. The summed E-state index contributed by atoms with van der Waals surface area (Å²) >= 11 is 0. The lowest BCUT2D eigenvalue weighted by Crippen LogP contribution is -2.41. The molecule has 7 rings (SSSR count). The van der Waals surface area contributed by atoms with Gasteiger partial charge in [0.05, 0.1) is 35.4 Å². The van der Waals surface area contributed by atoms with Gasteiger partial charge in [0.1, 0.15) is 28.7 Å². The number of amides is 2. The van der Waals surface area contributed by atoms with Crippen molar-refractivity contribution in [3.63, 3.8) is 0 Å². The highest BCUT2D eigenvalue weighted by Crippen LogP contribution is 2.66. The molecule has 3 aliphatic rings. The molecule has 1 spiro atoms. The third-order valence-electron chi connectivity index (χ3n) is 9.97. The van der Waals surface area contributed by atoms with Gasteiger partial charge in [-0.1, -0.05) is 23.8 Å². The van der Waals surface area contributed by atoms with E-state index in [2.05, 4.69) is 10.2 Å². The first kappa shape index (κ1) is 38.2. The van der Waals surface area contributed by atoms with Crippen molar-refractivity contribution >= 4 is 52.1 Å². The van der Waals surface area contributed by atoms with Crippen molar-refractivity contribution in [1.29, 1.82) is 0 Å². The molecule has 55 heavy (non-hydrogen) atoms. The number of anilines is 4. The van der Waals surface area contributed by atoms with Crippen molar-refractivity contribution in [2.24, 2.45) is 0 Å². The van der Waals surface area contributed by atoms with Crippen LogP contribution < -0.4 is 15.1 Å². The van der Waals surface area contributed by atoms with Crippen molar-refractivity contribution in [3.8, 4) is 0 Å². The summed E-state index contributed by atoms with van der Waals surface area (Å²) in [6.45, 7) is 20.4. The lowest BCUT2D eigenvalue weighted by Gasteiger charge is -2.30. The topological polar surface area (TPSA) is 161 Å². The molecule has 292 valence electrons. The van der Waals surface area contributed by atoms with Gasteiger partial charge in [0.25, 0.3) is 0 Å². The molecule has 4 aromatic rings. The van der Waals surface area contributed by atoms with E-state index in [9.17, 15) is 19.5 Å². The highest BCUT2D eigenvalue weighted by molar-refractivity contribution is 6.23. The number of carbonyl (C=O) groups is 3. The van der Waals surface area contributed by atoms with Crippen molar-refractivity contribution in [2.45, 2.75) is 110 Å². The molecule has 2 aliphatic heterocycles. The third kappa shape index (κ3) is 7.37. The normalized spacial score (nSPS) is 19.9. The average Bonchev–Trinajstić information content (AvgIpc) is 3.66. The van der Waals surface area contributed by atoms with Crippen LogP contribution in [0.25, 0.3) is 10.9 Å². The molecule has 14 heteroatoms. The Kier molecular flexibility index (Phi) is 9.24. The third-order valence-corrected chi connectivity index (χ3v) is 9.97. The molecular weight excluding hydrogens is 702 g/mol. The lowest BCUT2D eigenvalue weighted by molar-refractivity contribution is -0.120. The predicted molar refractivity (Wildman–Crippen MR) is 208 cm³/mol. The summed E-state index contributed by atoms with van der Waals surface area (Å²) in [6.07, 6.45) is -0.682. The van der Waals surface area contributed by atoms with E-state index in [1.807, 2.05) is 50.2 Å². The van der Waals surface area contributed by atoms with Crippen LogP contribution in [0.15, 0.2) is 36.4 Å². The lowest BCUT2D eigenvalue weighted by atomic mass is 9.91. The average molecular weight is 754 g/mol. The number of nitrogens with zero attached hydrogens (tertiary/aromatic N) is 6. The molecule has 2 N–H and O–H groups in total. The molecule has 2 aromatic heterocycles. The predicted octanol–water partition coefficient (Wildman–Crippen LogP) is 6.83. The number of benzene rings is 2. The van der Waals surface area contributed by atoms with Gasteiger partial charge < -0.3 is 29.5 Å². The standard InChI is InChI=1S/C41H51N7O7/c1-23-11-14-29-27(19-23)41(35(49)47(29)36(50)54-38(3,4)5)21-28(41)25-12-13-26-30(20-25)48(37(51)55-39(6,7)8)45-33(26)44-32-24(2)34(46-15-17-53-18-16-46)43-31(42-32)22-40(9,10)52/h11-14,19-20,28,52H,15-18,21-22H2,1-10H3,(H,42,43,44,45)/t28-,41-/m0/s1. The summed E-state index contributed by atoms with van der Waals surface area (Å²) < 4.78 is 18.3. The minimum absolute atomic E-state index is 0.214. The van der Waals surface area contributed by atoms with Gasteiger partial charge in [-0.25, -0.2) is 24.5 Å². The van der Waals surface area contributed by atoms with Crippen LogP contribution in [0.5, 0.6) is 0 Å². The Morgan fingerprint density at radius 2 is 1.60 bits per heavy atom. The summed E-state index contributed by atoms with van der Waals surface area (Å²) in [4.78, 5) is 54.6. The SMILES string of the molecule is Cc1ccc2c(c1)[C@]1(C[C@H]1c1ccc3c(Nc4nc(CC(C)(C)O)nc(N5CCOCC5)c4C)nn(C(=O)OC(C)(C)C)c3c1)C(=O)N2C(=O)OC(C)(C)C. The second-order valence-electron chi connectivity index (χ2n) is 17.5. The smallest absolute Gasteiger partial charge is 0.435 e. The second-order valence-corrected chi connectivity index (χ2v) is 17.5. The number of hydrogen-bond donors (Lipinski definition) is 2. The van der Waals surface area contributed by atoms with Crippen LogP contribution in [0.2, 0.25) is 0 Å². The van der Waals surface area contributed by atoms with Gasteiger partial charge in [0.15, 0.2) is 5.82 Å². The van der Waals surface area contributed by atoms with Gasteiger partial charge in [0.2, 0.25) is 5.91 Å². The molecule has 14 nitrogen and oxygen atoms in total. The summed E-state index contributed by atoms with van der Waals surface area (Å²) in [5.41, 5.74) is 0.751. The van der Waals surface area contributed by atoms with Crippen LogP contribution in [0.1, 0.15) is 95.8 Å². The maximum Gasteiger partial charge on any atom is 0.435 e. The molecular formula is C41H51N7O7. The minimum Gasteiger partial charge on any atom is -0.443 e. The van der Waals surface area contributed by atoms with Gasteiger partial charge in [-0.2, -0.15) is 4.68 Å². The number of rotatable bonds is 6. The van der Waals surface area contributed by atoms with Crippen LogP contribution in [0, 0.1) is 13.8 Å². The number of aromatic nitrogens is 4. The van der Waals surface area contributed by atoms with Crippen molar-refractivity contribution in [1.82, 2.24) is 19.7 Å². The molecule has 1 saturated carbocycles. The molecule has 0 bridgehead atoms. The van der Waals surface area contributed by atoms with Crippen molar-refractivity contribution in [3.05, 3.63) is 64.5 Å². The van der Waals surface area contributed by atoms with Crippen LogP contribution in [0.4, 0.5) is 32.7 Å². The largest absolute Gasteiger partial charge is 0.443 e. The van der Waals surface area contributed by atoms with E-state index in [1.54, 1.807) is 55.4 Å². The van der Waals surface area contributed by atoms with Gasteiger partial charge in [0, 0.05) is 36.4 Å². The number of morpholine rings is 1. The Morgan fingerprint density at radius 1 is 0.927 bits per heavy atom. The Bertz CT molecular complexity index is 2210. The second kappa shape index (κ2) is 13.3. The first-order valence-electron chi connectivity index (χ1n) is 18.8. The number of aryl methyl sites for hydroxylation is 1. The fraction of sp³-hybridized carbons (Fsp3) is 0.512. The molecule has 4 heterocycles. The van der Waals surface area contributed by atoms with E-state index < -0.39 is 34.4 Å². The van der Waals surface area contributed by atoms with E-state index in [0.29, 0.717) is 66.8 Å². The molecule has 0 radical (unpaired) electrons. The number of aliphatic hydroxyl groups is 1. The first-order chi connectivity index (χ1) is 25.6. The number of carbonyl (C=O) groups excluding carboxylic acids is 3. The number of ether oxygens (including phenoxy) is 3. The molecule has 2 fully saturated rings. The van der Waals surface area contributed by atoms with Crippen LogP contribution >= 0.6 is 0 Å². The van der Waals surface area contributed by atoms with Crippen molar-refractivity contribution in [2.75, 3.05) is 41.4 Å². The maximum atomic E-state index is 14.3. The van der Waals surface area contributed by atoms with Crippen LogP contribution in [0.3, 0.4) is 0 Å². The Hall–Kier alpha value is -5.08. The molecule has 1 aliphatic carbocycles. The molecule has 1 saturated heterocycles. The highest BCUT2D eigenvalue weighted by atomic mass is 16.6. The van der Waals surface area contributed by atoms with E-state index >= 15 is 0 Å². The molecule has 2 aromatic carbocycles. The van der Waals surface area contributed by atoms with Gasteiger partial charge in [-0.15, -0.1) is 5.10 Å². The monoisotopic (exact) mass is 753 g/mol. The van der Waals surface area contributed by atoms with E-state index in [0.717, 1.165) is 28.1 Å². The number of fused-ring (bicyclic) bond motifs is 3. The number of imide groups is 1. The summed E-state index contributed by atoms with van der Waals surface area (Å²) in [5.74, 6) is 1.44. The fourth-order valence-electron chi connectivity index (χ4n) is 7.53. The van der Waals surface area contributed by atoms with Gasteiger partial charge in [-0.3, -0.25) is 4.79 Å². The maximum absolute atomic E-state index is 14.3. The van der Waals surface area contributed by atoms with Gasteiger partial charge >= 0.3 is 12.2 Å². The zero-order valence-corrected chi connectivity index (χ0v) is 33.4. The highest BCUT2D eigenvalue weighted by Gasteiger charge is 2.68. The van der Waals surface area contributed by atoms with Crippen LogP contribution in [-0.2, 0) is 30.8 Å². The zero-order valence-electron chi connectivity index (χ0n) is 33.4. The van der Waals surface area contributed by atoms with E-state index in [-0.39, 0.29) is 18.2 Å². The molecule has 0 unspecified atom stereocenters. The minimum atomic E-state index is -1.06. The Balaban J connectivity index is 1.30. The van der Waals surface area contributed by atoms with E-state index in [4.69, 9.17) is 29.3 Å². The molecule has 2 atom stereocenters.